The van der Waals surface area contributed by atoms with Gasteiger partial charge in [-0.2, -0.15) is 4.98 Å². The van der Waals surface area contributed by atoms with E-state index >= 15 is 0 Å². The average molecular weight is 445 g/mol. The van der Waals surface area contributed by atoms with Gasteiger partial charge in [0.1, 0.15) is 17.5 Å². The summed E-state index contributed by atoms with van der Waals surface area (Å²) in [6, 6.07) is 7.83. The van der Waals surface area contributed by atoms with Gasteiger partial charge in [-0.05, 0) is 29.8 Å². The second-order valence-corrected chi connectivity index (χ2v) is 7.28. The number of aromatic nitrogens is 2. The highest BCUT2D eigenvalue weighted by Gasteiger charge is 2.33. The molecule has 4 rings (SSSR count). The van der Waals surface area contributed by atoms with Gasteiger partial charge in [0.25, 0.3) is 0 Å². The average Bonchev–Trinajstić information content (AvgIpc) is 3.38. The molecular formula is C21H18F3N5O3. The van der Waals surface area contributed by atoms with Crippen molar-refractivity contribution in [2.24, 2.45) is 0 Å². The maximum Gasteiger partial charge on any atom is 0.319 e. The van der Waals surface area contributed by atoms with E-state index in [1.807, 2.05) is 0 Å². The lowest BCUT2D eigenvalue weighted by Crippen LogP contribution is -2.28. The van der Waals surface area contributed by atoms with E-state index in [-0.39, 0.29) is 42.2 Å². The predicted octanol–water partition coefficient (Wildman–Crippen LogP) is 3.32. The van der Waals surface area contributed by atoms with Crippen LogP contribution in [0.25, 0.3) is 0 Å². The minimum Gasteiger partial charge on any atom is -0.338 e. The molecule has 1 atom stereocenters. The Bertz CT molecular complexity index is 1140. The Hall–Kier alpha value is -3.89. The van der Waals surface area contributed by atoms with Gasteiger partial charge in [-0.1, -0.05) is 17.3 Å². The van der Waals surface area contributed by atoms with Gasteiger partial charge in [0.2, 0.25) is 11.8 Å². The van der Waals surface area contributed by atoms with Crippen LogP contribution in [0.2, 0.25) is 0 Å². The number of hydrogen-bond donors (Lipinski definition) is 2. The number of nitrogens with zero attached hydrogens (tertiary/aromatic N) is 3. The Morgan fingerprint density at radius 3 is 2.66 bits per heavy atom. The summed E-state index contributed by atoms with van der Waals surface area (Å²) >= 11 is 0. The van der Waals surface area contributed by atoms with Crippen LogP contribution in [0.1, 0.15) is 29.6 Å². The largest absolute Gasteiger partial charge is 0.338 e. The van der Waals surface area contributed by atoms with Crippen molar-refractivity contribution in [3.8, 4) is 0 Å². The minimum absolute atomic E-state index is 0.0831. The molecule has 32 heavy (non-hydrogen) atoms. The Morgan fingerprint density at radius 1 is 1.12 bits per heavy atom. The van der Waals surface area contributed by atoms with E-state index < -0.39 is 17.7 Å². The molecule has 2 N–H and O–H groups in total. The van der Waals surface area contributed by atoms with E-state index in [0.717, 1.165) is 23.8 Å². The highest BCUT2D eigenvalue weighted by molar-refractivity contribution is 5.89. The molecule has 1 aliphatic heterocycles. The van der Waals surface area contributed by atoms with Crippen molar-refractivity contribution in [3.63, 3.8) is 0 Å². The van der Waals surface area contributed by atoms with E-state index in [9.17, 15) is 22.8 Å². The van der Waals surface area contributed by atoms with Crippen molar-refractivity contribution in [1.82, 2.24) is 20.4 Å². The number of likely N-dealkylation sites (tertiary alicyclic amines) is 1. The van der Waals surface area contributed by atoms with Crippen molar-refractivity contribution in [3.05, 3.63) is 77.2 Å². The Balaban J connectivity index is 1.30. The third kappa shape index (κ3) is 5.05. The van der Waals surface area contributed by atoms with Crippen LogP contribution < -0.4 is 10.6 Å². The number of carbonyl (C=O) groups excluding carboxylic acids is 2. The predicted molar refractivity (Wildman–Crippen MR) is 106 cm³/mol. The first kappa shape index (κ1) is 21.3. The molecule has 1 aromatic heterocycles. The van der Waals surface area contributed by atoms with Gasteiger partial charge >= 0.3 is 6.03 Å². The number of carbonyl (C=O) groups is 2. The van der Waals surface area contributed by atoms with Gasteiger partial charge < -0.3 is 20.1 Å². The second-order valence-electron chi connectivity index (χ2n) is 7.28. The molecule has 0 spiro atoms. The van der Waals surface area contributed by atoms with E-state index in [4.69, 9.17) is 4.52 Å². The fourth-order valence-corrected chi connectivity index (χ4v) is 3.33. The number of nitrogens with one attached hydrogen (secondary N) is 2. The molecule has 1 aliphatic rings. The smallest absolute Gasteiger partial charge is 0.319 e. The number of amides is 3. The van der Waals surface area contributed by atoms with Crippen LogP contribution >= 0.6 is 0 Å². The monoisotopic (exact) mass is 445 g/mol. The zero-order chi connectivity index (χ0) is 22.7. The van der Waals surface area contributed by atoms with Crippen molar-refractivity contribution in [2.75, 3.05) is 11.9 Å². The molecule has 0 bridgehead atoms. The molecule has 3 aromatic rings. The lowest BCUT2D eigenvalue weighted by molar-refractivity contribution is -0.128. The summed E-state index contributed by atoms with van der Waals surface area (Å²) in [5.74, 6) is -1.76. The van der Waals surface area contributed by atoms with Gasteiger partial charge in [-0.25, -0.2) is 18.0 Å². The summed E-state index contributed by atoms with van der Waals surface area (Å²) in [5.41, 5.74) is 0.499. The van der Waals surface area contributed by atoms with Gasteiger partial charge in [-0.3, -0.25) is 4.79 Å². The number of rotatable bonds is 6. The third-order valence-corrected chi connectivity index (χ3v) is 4.93. The normalized spacial score (nSPS) is 15.8. The third-order valence-electron chi connectivity index (χ3n) is 4.93. The van der Waals surface area contributed by atoms with E-state index in [1.54, 1.807) is 17.0 Å². The number of benzene rings is 2. The lowest BCUT2D eigenvalue weighted by Gasteiger charge is -2.16. The molecule has 8 nitrogen and oxygen atoms in total. The molecule has 11 heteroatoms. The summed E-state index contributed by atoms with van der Waals surface area (Å²) in [5, 5.41) is 8.48. The van der Waals surface area contributed by atoms with Crippen molar-refractivity contribution in [1.29, 1.82) is 0 Å². The Kier molecular flexibility index (Phi) is 6.06. The molecule has 1 fully saturated rings. The van der Waals surface area contributed by atoms with Crippen LogP contribution in [0.3, 0.4) is 0 Å². The first-order valence-corrected chi connectivity index (χ1v) is 9.72. The maximum atomic E-state index is 13.6. The Morgan fingerprint density at radius 2 is 1.88 bits per heavy atom. The topological polar surface area (TPSA) is 100 Å². The fourth-order valence-electron chi connectivity index (χ4n) is 3.33. The van der Waals surface area contributed by atoms with Crippen molar-refractivity contribution >= 4 is 17.6 Å². The molecule has 3 amide bonds. The molecule has 0 aliphatic carbocycles. The molecule has 166 valence electrons. The van der Waals surface area contributed by atoms with Crippen LogP contribution in [-0.4, -0.2) is 33.5 Å². The fraction of sp³-hybridized carbons (Fsp3) is 0.238. The van der Waals surface area contributed by atoms with Crippen molar-refractivity contribution < 1.29 is 27.3 Å². The van der Waals surface area contributed by atoms with E-state index in [0.29, 0.717) is 18.9 Å². The first-order valence-electron chi connectivity index (χ1n) is 9.72. The highest BCUT2D eigenvalue weighted by Crippen LogP contribution is 2.27. The zero-order valence-electron chi connectivity index (χ0n) is 16.6. The highest BCUT2D eigenvalue weighted by atomic mass is 19.1. The number of hydrogen-bond acceptors (Lipinski definition) is 5. The van der Waals surface area contributed by atoms with E-state index in [1.165, 1.54) is 12.1 Å². The van der Waals surface area contributed by atoms with Gasteiger partial charge in [0.05, 0.1) is 12.2 Å². The molecule has 2 aromatic carbocycles. The molecule has 0 radical (unpaired) electrons. The van der Waals surface area contributed by atoms with Crippen LogP contribution in [-0.2, 0) is 17.9 Å². The SMILES string of the molecule is O=C(NCc1nc([C@H]2CC(=O)N(Cc3ccc(F)cc3)C2)no1)Nc1cc(F)ccc1F. The van der Waals surface area contributed by atoms with E-state index in [2.05, 4.69) is 20.8 Å². The first-order chi connectivity index (χ1) is 15.4. The maximum absolute atomic E-state index is 13.6. The van der Waals surface area contributed by atoms with Crippen LogP contribution in [0.15, 0.2) is 47.0 Å². The molecule has 1 saturated heterocycles. The molecule has 2 heterocycles. The molecular weight excluding hydrogens is 427 g/mol. The van der Waals surface area contributed by atoms with Gasteiger partial charge in [0, 0.05) is 31.5 Å². The van der Waals surface area contributed by atoms with Gasteiger partial charge in [-0.15, -0.1) is 0 Å². The number of urea groups is 1. The number of halogens is 3. The second kappa shape index (κ2) is 9.08. The van der Waals surface area contributed by atoms with Crippen LogP contribution in [0.4, 0.5) is 23.7 Å². The zero-order valence-corrected chi connectivity index (χ0v) is 16.6. The number of anilines is 1. The summed E-state index contributed by atoms with van der Waals surface area (Å²) in [6.07, 6.45) is 0.201. The standard InChI is InChI=1S/C21H18F3N5O3/c22-14-3-1-12(2-4-14)10-29-11-13(7-19(29)30)20-27-18(32-28-20)9-25-21(31)26-17-8-15(23)5-6-16(17)24/h1-6,8,13H,7,9-11H2,(H2,25,26,31)/t13-/m0/s1. The summed E-state index contributed by atoms with van der Waals surface area (Å²) in [7, 11) is 0. The quantitative estimate of drug-likeness (QED) is 0.606. The Labute approximate surface area is 180 Å². The van der Waals surface area contributed by atoms with Crippen molar-refractivity contribution in [2.45, 2.75) is 25.4 Å². The van der Waals surface area contributed by atoms with Crippen LogP contribution in [0.5, 0.6) is 0 Å². The lowest BCUT2D eigenvalue weighted by atomic mass is 10.1. The summed E-state index contributed by atoms with van der Waals surface area (Å²) in [6.45, 7) is 0.580. The molecule has 0 unspecified atom stereocenters. The van der Waals surface area contributed by atoms with Crippen LogP contribution in [0, 0.1) is 17.5 Å². The minimum atomic E-state index is -0.782. The summed E-state index contributed by atoms with van der Waals surface area (Å²) < 4.78 is 44.9. The van der Waals surface area contributed by atoms with Gasteiger partial charge in [0.15, 0.2) is 5.82 Å². The molecule has 0 saturated carbocycles. The summed E-state index contributed by atoms with van der Waals surface area (Å²) in [4.78, 5) is 30.1.